The van der Waals surface area contributed by atoms with Crippen LogP contribution in [0.1, 0.15) is 0 Å². The van der Waals surface area contributed by atoms with E-state index in [1.165, 1.54) is 0 Å². The second-order valence-corrected chi connectivity index (χ2v) is 2.89. The molecule has 4 nitrogen and oxygen atoms in total. The molecule has 0 bridgehead atoms. The van der Waals surface area contributed by atoms with E-state index in [0.29, 0.717) is 13.1 Å². The number of ether oxygens (including phenoxy) is 1. The average molecular weight is 160 g/mol. The van der Waals surface area contributed by atoms with Gasteiger partial charge in [0, 0.05) is 33.3 Å². The number of nitrogens with two attached hydrogens (primary N) is 1. The molecule has 0 aromatic heterocycles. The summed E-state index contributed by atoms with van der Waals surface area (Å²) in [4.78, 5) is 2.11. The molecule has 0 amide bonds. The number of hydrogen-bond donors (Lipinski definition) is 2. The molecule has 0 spiro atoms. The standard InChI is InChI=1S/C7H16N2O2/c1-11-7-5-9(3-2-8)4-6(7)10/h6-7,10H,2-5,8H2,1H3/t6-,7+/m1/s1. The molecule has 1 fully saturated rings. The maximum Gasteiger partial charge on any atom is 0.0969 e. The first-order valence-corrected chi connectivity index (χ1v) is 3.91. The van der Waals surface area contributed by atoms with Crippen LogP contribution in [-0.4, -0.2) is 55.5 Å². The van der Waals surface area contributed by atoms with Crippen LogP contribution in [0.5, 0.6) is 0 Å². The second kappa shape index (κ2) is 4.01. The zero-order valence-corrected chi connectivity index (χ0v) is 6.86. The summed E-state index contributed by atoms with van der Waals surface area (Å²) in [5, 5.41) is 9.38. The minimum Gasteiger partial charge on any atom is -0.389 e. The van der Waals surface area contributed by atoms with Crippen molar-refractivity contribution in [2.45, 2.75) is 12.2 Å². The molecule has 3 N–H and O–H groups in total. The lowest BCUT2D eigenvalue weighted by Crippen LogP contribution is -2.28. The van der Waals surface area contributed by atoms with Gasteiger partial charge in [0.05, 0.1) is 12.2 Å². The number of likely N-dealkylation sites (tertiary alicyclic amines) is 1. The van der Waals surface area contributed by atoms with E-state index in [1.54, 1.807) is 7.11 Å². The van der Waals surface area contributed by atoms with Crippen molar-refractivity contribution < 1.29 is 9.84 Å². The Labute approximate surface area is 66.9 Å². The minimum absolute atomic E-state index is 0.0263. The van der Waals surface area contributed by atoms with E-state index < -0.39 is 0 Å². The Morgan fingerprint density at radius 2 is 2.36 bits per heavy atom. The van der Waals surface area contributed by atoms with Crippen molar-refractivity contribution >= 4 is 0 Å². The van der Waals surface area contributed by atoms with Crippen molar-refractivity contribution in [2.24, 2.45) is 5.73 Å². The van der Waals surface area contributed by atoms with Crippen molar-refractivity contribution in [2.75, 3.05) is 33.3 Å². The van der Waals surface area contributed by atoms with Gasteiger partial charge in [0.2, 0.25) is 0 Å². The first kappa shape index (κ1) is 8.93. The molecule has 1 rings (SSSR count). The van der Waals surface area contributed by atoms with Gasteiger partial charge in [-0.25, -0.2) is 0 Å². The third-order valence-corrected chi connectivity index (χ3v) is 2.06. The lowest BCUT2D eigenvalue weighted by Gasteiger charge is -2.12. The highest BCUT2D eigenvalue weighted by Gasteiger charge is 2.30. The molecular weight excluding hydrogens is 144 g/mol. The van der Waals surface area contributed by atoms with Gasteiger partial charge in [-0.15, -0.1) is 0 Å². The second-order valence-electron chi connectivity index (χ2n) is 2.89. The first-order chi connectivity index (χ1) is 5.27. The minimum atomic E-state index is -0.341. The van der Waals surface area contributed by atoms with E-state index in [2.05, 4.69) is 4.90 Å². The summed E-state index contributed by atoms with van der Waals surface area (Å²) in [5.41, 5.74) is 5.38. The fraction of sp³-hybridized carbons (Fsp3) is 1.00. The molecule has 4 heteroatoms. The highest BCUT2D eigenvalue weighted by Crippen LogP contribution is 2.11. The van der Waals surface area contributed by atoms with Gasteiger partial charge in [-0.3, -0.25) is 4.90 Å². The summed E-state index contributed by atoms with van der Waals surface area (Å²) in [6.45, 7) is 2.98. The van der Waals surface area contributed by atoms with Crippen LogP contribution < -0.4 is 5.73 Å². The van der Waals surface area contributed by atoms with Gasteiger partial charge in [0.25, 0.3) is 0 Å². The molecule has 0 saturated carbocycles. The Morgan fingerprint density at radius 1 is 1.64 bits per heavy atom. The van der Waals surface area contributed by atoms with Gasteiger partial charge >= 0.3 is 0 Å². The highest BCUT2D eigenvalue weighted by molar-refractivity contribution is 4.84. The number of methoxy groups -OCH3 is 1. The quantitative estimate of drug-likeness (QED) is 0.535. The molecule has 1 aliphatic rings. The zero-order valence-electron chi connectivity index (χ0n) is 6.86. The maximum absolute atomic E-state index is 9.38. The molecule has 0 unspecified atom stereocenters. The number of rotatable bonds is 3. The lowest BCUT2D eigenvalue weighted by atomic mass is 10.3. The van der Waals surface area contributed by atoms with E-state index in [-0.39, 0.29) is 12.2 Å². The van der Waals surface area contributed by atoms with Crippen LogP contribution in [0, 0.1) is 0 Å². The van der Waals surface area contributed by atoms with Crippen LogP contribution in [0.3, 0.4) is 0 Å². The molecule has 0 aromatic carbocycles. The third-order valence-electron chi connectivity index (χ3n) is 2.06. The summed E-state index contributed by atoms with van der Waals surface area (Å²) in [5.74, 6) is 0. The highest BCUT2D eigenvalue weighted by atomic mass is 16.5. The SMILES string of the molecule is CO[C@H]1CN(CCN)C[C@H]1O. The van der Waals surface area contributed by atoms with Crippen molar-refractivity contribution in [1.82, 2.24) is 4.90 Å². The molecular formula is C7H16N2O2. The van der Waals surface area contributed by atoms with Crippen molar-refractivity contribution in [1.29, 1.82) is 0 Å². The summed E-state index contributed by atoms with van der Waals surface area (Å²) in [7, 11) is 1.62. The van der Waals surface area contributed by atoms with Crippen molar-refractivity contribution in [3.63, 3.8) is 0 Å². The molecule has 1 saturated heterocycles. The lowest BCUT2D eigenvalue weighted by molar-refractivity contribution is 0.0215. The molecule has 0 aliphatic carbocycles. The first-order valence-electron chi connectivity index (χ1n) is 3.91. The number of nitrogens with zero attached hydrogens (tertiary/aromatic N) is 1. The molecule has 2 atom stereocenters. The van der Waals surface area contributed by atoms with Gasteiger partial charge < -0.3 is 15.6 Å². The van der Waals surface area contributed by atoms with Crippen LogP contribution in [0.15, 0.2) is 0 Å². The predicted octanol–water partition coefficient (Wildman–Crippen LogP) is -1.36. The van der Waals surface area contributed by atoms with Crippen molar-refractivity contribution in [3.05, 3.63) is 0 Å². The maximum atomic E-state index is 9.38. The Balaban J connectivity index is 2.30. The summed E-state index contributed by atoms with van der Waals surface area (Å²) < 4.78 is 5.07. The molecule has 66 valence electrons. The van der Waals surface area contributed by atoms with Crippen LogP contribution in [0.25, 0.3) is 0 Å². The van der Waals surface area contributed by atoms with E-state index in [1.807, 2.05) is 0 Å². The predicted molar refractivity (Wildman–Crippen MR) is 42.3 cm³/mol. The Morgan fingerprint density at radius 3 is 2.82 bits per heavy atom. The number of aliphatic hydroxyl groups excluding tert-OH is 1. The van der Waals surface area contributed by atoms with E-state index in [0.717, 1.165) is 13.1 Å². The van der Waals surface area contributed by atoms with Gasteiger partial charge in [-0.1, -0.05) is 0 Å². The normalized spacial score (nSPS) is 33.0. The van der Waals surface area contributed by atoms with E-state index >= 15 is 0 Å². The van der Waals surface area contributed by atoms with Crippen LogP contribution >= 0.6 is 0 Å². The Hall–Kier alpha value is -0.160. The van der Waals surface area contributed by atoms with Gasteiger partial charge in [-0.05, 0) is 0 Å². The number of β-amino-alcohol motifs (C(OH)–C–C–N with tert-alkyl or cyclic N) is 1. The monoisotopic (exact) mass is 160 g/mol. The third kappa shape index (κ3) is 2.13. The van der Waals surface area contributed by atoms with Gasteiger partial charge in [0.15, 0.2) is 0 Å². The summed E-state index contributed by atoms with van der Waals surface area (Å²) >= 11 is 0. The number of hydrogen-bond acceptors (Lipinski definition) is 4. The van der Waals surface area contributed by atoms with Crippen molar-refractivity contribution in [3.8, 4) is 0 Å². The van der Waals surface area contributed by atoms with E-state index in [4.69, 9.17) is 10.5 Å². The van der Waals surface area contributed by atoms with Crippen LogP contribution in [-0.2, 0) is 4.74 Å². The Kier molecular flexibility index (Phi) is 3.26. The Bertz CT molecular complexity index is 121. The topological polar surface area (TPSA) is 58.7 Å². The largest absolute Gasteiger partial charge is 0.389 e. The van der Waals surface area contributed by atoms with Crippen LogP contribution in [0.4, 0.5) is 0 Å². The molecule has 0 radical (unpaired) electrons. The van der Waals surface area contributed by atoms with E-state index in [9.17, 15) is 5.11 Å². The summed E-state index contributed by atoms with van der Waals surface area (Å²) in [6, 6.07) is 0. The smallest absolute Gasteiger partial charge is 0.0969 e. The zero-order chi connectivity index (χ0) is 8.27. The average Bonchev–Trinajstić information content (AvgIpc) is 2.32. The fourth-order valence-corrected chi connectivity index (χ4v) is 1.43. The van der Waals surface area contributed by atoms with Crippen LogP contribution in [0.2, 0.25) is 0 Å². The van der Waals surface area contributed by atoms with Gasteiger partial charge in [-0.2, -0.15) is 0 Å². The fourth-order valence-electron chi connectivity index (χ4n) is 1.43. The molecule has 11 heavy (non-hydrogen) atoms. The molecule has 0 aromatic rings. The summed E-state index contributed by atoms with van der Waals surface area (Å²) in [6.07, 6.45) is -0.368. The molecule has 1 aliphatic heterocycles. The number of aliphatic hydroxyl groups is 1. The van der Waals surface area contributed by atoms with Gasteiger partial charge in [0.1, 0.15) is 0 Å². The molecule has 1 heterocycles.